The first-order valence-electron chi connectivity index (χ1n) is 18.5. The van der Waals surface area contributed by atoms with E-state index in [9.17, 15) is 19.8 Å². The molecule has 282 valence electrons. The Morgan fingerprint density at radius 1 is 0.875 bits per heavy atom. The second-order valence-corrected chi connectivity index (χ2v) is 14.0. The zero-order valence-electron chi connectivity index (χ0n) is 31.0. The molecule has 2 aliphatic heterocycles. The molecule has 2 aliphatic rings. The molecule has 6 aromatic rings. The molecule has 0 bridgehead atoms. The predicted octanol–water partition coefficient (Wildman–Crippen LogP) is 7.51. The molecule has 2 N–H and O–H groups in total. The average Bonchev–Trinajstić information content (AvgIpc) is 3.74. The van der Waals surface area contributed by atoms with Crippen LogP contribution in [0.25, 0.3) is 0 Å². The molecule has 0 aliphatic carbocycles. The van der Waals surface area contributed by atoms with E-state index in [2.05, 4.69) is 10.3 Å². The smallest absolute Gasteiger partial charge is 0.266 e. The van der Waals surface area contributed by atoms with Crippen LogP contribution in [-0.4, -0.2) is 50.7 Å². The van der Waals surface area contributed by atoms with Gasteiger partial charge in [0.1, 0.15) is 11.5 Å². The second-order valence-electron chi connectivity index (χ2n) is 14.0. The van der Waals surface area contributed by atoms with Crippen molar-refractivity contribution in [2.75, 3.05) is 23.5 Å². The summed E-state index contributed by atoms with van der Waals surface area (Å²) in [6.45, 7) is 2.46. The van der Waals surface area contributed by atoms with Crippen molar-refractivity contribution in [3.8, 4) is 17.2 Å². The summed E-state index contributed by atoms with van der Waals surface area (Å²) in [5, 5.41) is 30.9. The fraction of sp³-hybridized carbons (Fsp3) is 0.200. The topological polar surface area (TPSA) is 130 Å². The zero-order valence-corrected chi connectivity index (χ0v) is 31.0. The summed E-state index contributed by atoms with van der Waals surface area (Å²) in [5.74, 6) is 0.0740. The lowest BCUT2D eigenvalue weighted by molar-refractivity contribution is -0.139. The van der Waals surface area contributed by atoms with Crippen molar-refractivity contribution in [2.24, 2.45) is 5.92 Å². The number of aryl methyl sites for hydroxylation is 1. The summed E-state index contributed by atoms with van der Waals surface area (Å²) in [6.07, 6.45) is 6.21. The SMILES string of the molecule is COc1ccc2c(c1)[C@@](O)([C@H](C)/C=C/CCn1cc(C(CO)c3ccccc3)nn1)C(=O)N2Cc1ccc(N2C(=O)c3ccccc3Oc3ccccc32)cc1. The third-order valence-electron chi connectivity index (χ3n) is 10.6. The summed E-state index contributed by atoms with van der Waals surface area (Å²) < 4.78 is 13.4. The Bertz CT molecular complexity index is 2410. The minimum atomic E-state index is -1.85. The Balaban J connectivity index is 0.997. The summed E-state index contributed by atoms with van der Waals surface area (Å²) in [5.41, 5.74) is 3.40. The van der Waals surface area contributed by atoms with E-state index >= 15 is 0 Å². The van der Waals surface area contributed by atoms with E-state index < -0.39 is 17.4 Å². The summed E-state index contributed by atoms with van der Waals surface area (Å²) >= 11 is 0. The molecule has 11 heteroatoms. The number of anilines is 3. The second kappa shape index (κ2) is 15.3. The molecule has 2 amide bonds. The van der Waals surface area contributed by atoms with Gasteiger partial charge in [-0.2, -0.15) is 0 Å². The summed E-state index contributed by atoms with van der Waals surface area (Å²) in [6, 6.07) is 37.1. The van der Waals surface area contributed by atoms with Crippen molar-refractivity contribution in [3.63, 3.8) is 0 Å². The number of hydrogen-bond donors (Lipinski definition) is 2. The van der Waals surface area contributed by atoms with Crippen LogP contribution in [0.5, 0.6) is 17.2 Å². The third kappa shape index (κ3) is 6.61. The van der Waals surface area contributed by atoms with Gasteiger partial charge in [0, 0.05) is 29.9 Å². The first-order valence-corrected chi connectivity index (χ1v) is 18.5. The molecule has 11 nitrogen and oxygen atoms in total. The molecular formula is C45H41N5O6. The third-order valence-corrected chi connectivity index (χ3v) is 10.6. The van der Waals surface area contributed by atoms with Gasteiger partial charge in [-0.3, -0.25) is 19.2 Å². The number of aliphatic hydroxyl groups excluding tert-OH is 1. The number of amides is 2. The van der Waals surface area contributed by atoms with E-state index in [1.165, 1.54) is 0 Å². The molecule has 56 heavy (non-hydrogen) atoms. The summed E-state index contributed by atoms with van der Waals surface area (Å²) in [7, 11) is 1.55. The van der Waals surface area contributed by atoms with Crippen LogP contribution in [0.15, 0.2) is 140 Å². The van der Waals surface area contributed by atoms with Crippen molar-refractivity contribution >= 4 is 28.9 Å². The highest BCUT2D eigenvalue weighted by molar-refractivity contribution is 6.14. The Morgan fingerprint density at radius 3 is 2.38 bits per heavy atom. The molecule has 0 fully saturated rings. The Morgan fingerprint density at radius 2 is 1.61 bits per heavy atom. The predicted molar refractivity (Wildman–Crippen MR) is 212 cm³/mol. The fourth-order valence-electron chi connectivity index (χ4n) is 7.49. The molecule has 5 aromatic carbocycles. The maximum absolute atomic E-state index is 14.3. The fourth-order valence-corrected chi connectivity index (χ4v) is 7.49. The largest absolute Gasteiger partial charge is 0.497 e. The highest BCUT2D eigenvalue weighted by Crippen LogP contribution is 2.48. The number of hydrogen-bond acceptors (Lipinski definition) is 8. The van der Waals surface area contributed by atoms with Gasteiger partial charge in [-0.15, -0.1) is 5.10 Å². The van der Waals surface area contributed by atoms with Gasteiger partial charge in [0.15, 0.2) is 11.4 Å². The number of carbonyl (C=O) groups excluding carboxylic acids is 2. The van der Waals surface area contributed by atoms with Crippen LogP contribution in [0.4, 0.5) is 17.1 Å². The number of para-hydroxylation sites is 3. The first-order chi connectivity index (χ1) is 27.3. The number of aromatic nitrogens is 3. The van der Waals surface area contributed by atoms with Gasteiger partial charge in [-0.1, -0.05) is 91.0 Å². The Labute approximate surface area is 324 Å². The van der Waals surface area contributed by atoms with Crippen LogP contribution in [0, 0.1) is 5.92 Å². The lowest BCUT2D eigenvalue weighted by atomic mass is 9.83. The van der Waals surface area contributed by atoms with Gasteiger partial charge >= 0.3 is 0 Å². The molecular weight excluding hydrogens is 707 g/mol. The van der Waals surface area contributed by atoms with Gasteiger partial charge in [-0.25, -0.2) is 0 Å². The van der Waals surface area contributed by atoms with E-state index in [0.717, 1.165) is 11.1 Å². The number of allylic oxidation sites excluding steroid dienone is 1. The number of fused-ring (bicyclic) bond motifs is 3. The number of aliphatic hydroxyl groups is 2. The van der Waals surface area contributed by atoms with E-state index in [4.69, 9.17) is 9.47 Å². The number of methoxy groups -OCH3 is 1. The number of benzene rings is 5. The number of rotatable bonds is 12. The van der Waals surface area contributed by atoms with E-state index in [-0.39, 0.29) is 25.0 Å². The monoisotopic (exact) mass is 747 g/mol. The van der Waals surface area contributed by atoms with Crippen LogP contribution in [0.2, 0.25) is 0 Å². The molecule has 0 radical (unpaired) electrons. The molecule has 8 rings (SSSR count). The number of carbonyl (C=O) groups is 2. The van der Waals surface area contributed by atoms with Crippen LogP contribution in [0.3, 0.4) is 0 Å². The van der Waals surface area contributed by atoms with Gasteiger partial charge in [0.25, 0.3) is 11.8 Å². The quantitative estimate of drug-likeness (QED) is 0.123. The van der Waals surface area contributed by atoms with Crippen LogP contribution >= 0.6 is 0 Å². The molecule has 0 saturated carbocycles. The normalized spacial score (nSPS) is 17.2. The standard InChI is InChI=1S/C45H41N5O6/c1-30(12-10-11-25-48-28-38(46-47-48)36(29-51)32-13-4-3-5-14-32)45(54)37-26-34(55-2)23-24-39(37)49(44(45)53)27-31-19-21-33(22-20-31)50-40-16-7-9-18-42(40)56-41-17-8-6-15-35(41)43(50)52/h3-10,12-24,26,28,30,36,51,54H,11,25,27,29H2,1-2H3/b12-10+/t30-,36?,45+/m1/s1. The molecule has 0 spiro atoms. The van der Waals surface area contributed by atoms with Gasteiger partial charge in [-0.05, 0) is 72.1 Å². The van der Waals surface area contributed by atoms with Crippen molar-refractivity contribution in [3.05, 3.63) is 168 Å². The van der Waals surface area contributed by atoms with Gasteiger partial charge < -0.3 is 24.6 Å². The molecule has 3 heterocycles. The van der Waals surface area contributed by atoms with Crippen molar-refractivity contribution in [2.45, 2.75) is 38.0 Å². The van der Waals surface area contributed by atoms with Crippen LogP contribution in [0.1, 0.15) is 52.0 Å². The minimum Gasteiger partial charge on any atom is -0.497 e. The average molecular weight is 748 g/mol. The number of nitrogens with zero attached hydrogens (tertiary/aromatic N) is 5. The molecule has 0 saturated heterocycles. The highest BCUT2D eigenvalue weighted by atomic mass is 16.5. The lowest BCUT2D eigenvalue weighted by Gasteiger charge is -2.28. The Hall–Kier alpha value is -6.56. The first kappa shape index (κ1) is 36.4. The van der Waals surface area contributed by atoms with E-state index in [1.807, 2.05) is 116 Å². The molecule has 3 atom stereocenters. The number of ether oxygens (including phenoxy) is 2. The highest BCUT2D eigenvalue weighted by Gasteiger charge is 2.52. The lowest BCUT2D eigenvalue weighted by Crippen LogP contribution is -2.44. The van der Waals surface area contributed by atoms with E-state index in [0.29, 0.717) is 64.1 Å². The maximum atomic E-state index is 14.3. The zero-order chi connectivity index (χ0) is 38.8. The van der Waals surface area contributed by atoms with Gasteiger partial charge in [0.05, 0.1) is 48.8 Å². The van der Waals surface area contributed by atoms with Gasteiger partial charge in [0.2, 0.25) is 0 Å². The maximum Gasteiger partial charge on any atom is 0.266 e. The summed E-state index contributed by atoms with van der Waals surface area (Å²) in [4.78, 5) is 31.5. The van der Waals surface area contributed by atoms with Crippen molar-refractivity contribution in [1.82, 2.24) is 15.0 Å². The minimum absolute atomic E-state index is 0.0821. The van der Waals surface area contributed by atoms with Crippen LogP contribution < -0.4 is 19.3 Å². The van der Waals surface area contributed by atoms with Crippen molar-refractivity contribution in [1.29, 1.82) is 0 Å². The Kier molecular flexibility index (Phi) is 9.94. The van der Waals surface area contributed by atoms with E-state index in [1.54, 1.807) is 51.9 Å². The van der Waals surface area contributed by atoms with Crippen LogP contribution in [-0.2, 0) is 23.5 Å². The van der Waals surface area contributed by atoms with Crippen molar-refractivity contribution < 1.29 is 29.3 Å². The molecule has 1 unspecified atom stereocenters. The molecule has 1 aromatic heterocycles.